The van der Waals surface area contributed by atoms with E-state index in [0.29, 0.717) is 31.2 Å². The monoisotopic (exact) mass is 484 g/mol. The van der Waals surface area contributed by atoms with Crippen molar-refractivity contribution in [2.45, 2.75) is 6.04 Å². The van der Waals surface area contributed by atoms with E-state index in [-0.39, 0.29) is 35.8 Å². The second-order valence-electron chi connectivity index (χ2n) is 7.96. The number of amides is 2. The maximum absolute atomic E-state index is 13.5. The van der Waals surface area contributed by atoms with Gasteiger partial charge in [-0.25, -0.2) is 8.78 Å². The van der Waals surface area contributed by atoms with E-state index in [1.165, 1.54) is 36.5 Å². The second kappa shape index (κ2) is 10.7. The molecule has 1 aliphatic heterocycles. The topological polar surface area (TPSA) is 65.5 Å². The van der Waals surface area contributed by atoms with Gasteiger partial charge < -0.3 is 10.2 Å². The summed E-state index contributed by atoms with van der Waals surface area (Å²) in [4.78, 5) is 32.7. The molecule has 2 amide bonds. The van der Waals surface area contributed by atoms with Gasteiger partial charge in [0.15, 0.2) is 0 Å². The molecule has 6 nitrogen and oxygen atoms in total. The lowest BCUT2D eigenvalue weighted by Crippen LogP contribution is -2.52. The fraction of sp³-hybridized carbons (Fsp3) is 0.240. The number of halogens is 3. The standard InChI is InChI=1S/C25H23ClF2N4O2/c26-19-9-10-29-22(15-19)25(34)30-16-23(33)31-11-13-32(14-12-31)24(17-1-5-20(27)6-2-17)18-3-7-21(28)8-4-18/h1-10,15,24H,11-14,16H2,(H,30,34). The largest absolute Gasteiger partial charge is 0.342 e. The van der Waals surface area contributed by atoms with Crippen molar-refractivity contribution in [1.82, 2.24) is 20.1 Å². The lowest BCUT2D eigenvalue weighted by Gasteiger charge is -2.39. The number of hydrogen-bond donors (Lipinski definition) is 1. The molecule has 1 aliphatic rings. The van der Waals surface area contributed by atoms with E-state index in [1.807, 2.05) is 0 Å². The van der Waals surface area contributed by atoms with Crippen LogP contribution < -0.4 is 5.32 Å². The van der Waals surface area contributed by atoms with Crippen molar-refractivity contribution in [1.29, 1.82) is 0 Å². The highest BCUT2D eigenvalue weighted by Gasteiger charge is 2.28. The zero-order chi connectivity index (χ0) is 24.1. The van der Waals surface area contributed by atoms with Crippen LogP contribution in [0.1, 0.15) is 27.7 Å². The Balaban J connectivity index is 1.39. The molecule has 3 aromatic rings. The Morgan fingerprint density at radius 1 is 0.912 bits per heavy atom. The van der Waals surface area contributed by atoms with Gasteiger partial charge in [-0.2, -0.15) is 0 Å². The molecule has 9 heteroatoms. The second-order valence-corrected chi connectivity index (χ2v) is 8.40. The molecule has 0 radical (unpaired) electrons. The van der Waals surface area contributed by atoms with Crippen LogP contribution >= 0.6 is 11.6 Å². The molecule has 1 N–H and O–H groups in total. The zero-order valence-electron chi connectivity index (χ0n) is 18.3. The molecule has 2 aromatic carbocycles. The van der Waals surface area contributed by atoms with E-state index in [9.17, 15) is 18.4 Å². The van der Waals surface area contributed by atoms with Crippen molar-refractivity contribution in [2.24, 2.45) is 0 Å². The van der Waals surface area contributed by atoms with Crippen LogP contribution in [0.3, 0.4) is 0 Å². The summed E-state index contributed by atoms with van der Waals surface area (Å²) in [7, 11) is 0. The van der Waals surface area contributed by atoms with Crippen LogP contribution in [0.2, 0.25) is 5.02 Å². The Bertz CT molecular complexity index is 1100. The minimum Gasteiger partial charge on any atom is -0.342 e. The summed E-state index contributed by atoms with van der Waals surface area (Å²) in [6.07, 6.45) is 1.43. The highest BCUT2D eigenvalue weighted by Crippen LogP contribution is 2.30. The van der Waals surface area contributed by atoms with E-state index < -0.39 is 5.91 Å². The number of carbonyl (C=O) groups excluding carboxylic acids is 2. The van der Waals surface area contributed by atoms with Crippen LogP contribution in [0, 0.1) is 11.6 Å². The number of benzene rings is 2. The number of hydrogen-bond acceptors (Lipinski definition) is 4. The lowest BCUT2D eigenvalue weighted by atomic mass is 9.96. The molecule has 0 aliphatic carbocycles. The molecular weight excluding hydrogens is 462 g/mol. The van der Waals surface area contributed by atoms with Crippen LogP contribution in [-0.4, -0.2) is 59.3 Å². The van der Waals surface area contributed by atoms with Crippen LogP contribution in [0.25, 0.3) is 0 Å². The lowest BCUT2D eigenvalue weighted by molar-refractivity contribution is -0.132. The van der Waals surface area contributed by atoms with E-state index in [2.05, 4.69) is 15.2 Å². The summed E-state index contributed by atoms with van der Waals surface area (Å²) in [5.41, 5.74) is 1.91. The van der Waals surface area contributed by atoms with Gasteiger partial charge in [0, 0.05) is 37.4 Å². The van der Waals surface area contributed by atoms with Gasteiger partial charge in [-0.3, -0.25) is 19.5 Å². The molecule has 1 fully saturated rings. The van der Waals surface area contributed by atoms with E-state index in [0.717, 1.165) is 11.1 Å². The molecule has 1 aromatic heterocycles. The average molecular weight is 485 g/mol. The van der Waals surface area contributed by atoms with Gasteiger partial charge in [0.25, 0.3) is 5.91 Å². The van der Waals surface area contributed by atoms with Crippen molar-refractivity contribution in [3.8, 4) is 0 Å². The van der Waals surface area contributed by atoms with Crippen LogP contribution in [-0.2, 0) is 4.79 Å². The number of nitrogens with zero attached hydrogens (tertiary/aromatic N) is 3. The van der Waals surface area contributed by atoms with Crippen LogP contribution in [0.4, 0.5) is 8.78 Å². The first kappa shape index (κ1) is 23.8. The number of aromatic nitrogens is 1. The first-order chi connectivity index (χ1) is 16.4. The Hall–Kier alpha value is -3.36. The number of rotatable bonds is 6. The molecule has 0 spiro atoms. The zero-order valence-corrected chi connectivity index (χ0v) is 19.0. The summed E-state index contributed by atoms with van der Waals surface area (Å²) < 4.78 is 27.0. The molecule has 0 saturated carbocycles. The minimum absolute atomic E-state index is 0.145. The Labute approximate surface area is 201 Å². The predicted molar refractivity (Wildman–Crippen MR) is 124 cm³/mol. The Kier molecular flexibility index (Phi) is 7.49. The summed E-state index contributed by atoms with van der Waals surface area (Å²) >= 11 is 5.88. The van der Waals surface area contributed by atoms with Crippen molar-refractivity contribution in [3.05, 3.63) is 100 Å². The number of nitrogens with one attached hydrogen (secondary N) is 1. The summed E-state index contributed by atoms with van der Waals surface area (Å²) in [6, 6.07) is 15.3. The summed E-state index contributed by atoms with van der Waals surface area (Å²) in [5, 5.41) is 2.97. The van der Waals surface area contributed by atoms with E-state index in [1.54, 1.807) is 35.2 Å². The molecular formula is C25H23ClF2N4O2. The quantitative estimate of drug-likeness (QED) is 0.579. The maximum Gasteiger partial charge on any atom is 0.270 e. The SMILES string of the molecule is O=C(NCC(=O)N1CCN(C(c2ccc(F)cc2)c2ccc(F)cc2)CC1)c1cc(Cl)ccn1. The predicted octanol–water partition coefficient (Wildman–Crippen LogP) is 3.68. The molecule has 4 rings (SSSR count). The normalized spacial score (nSPS) is 14.3. The van der Waals surface area contributed by atoms with Crippen molar-refractivity contribution >= 4 is 23.4 Å². The van der Waals surface area contributed by atoms with Crippen molar-refractivity contribution < 1.29 is 18.4 Å². The first-order valence-corrected chi connectivity index (χ1v) is 11.2. The van der Waals surface area contributed by atoms with E-state index in [4.69, 9.17) is 11.6 Å². The average Bonchev–Trinajstić information content (AvgIpc) is 2.85. The van der Waals surface area contributed by atoms with Crippen molar-refractivity contribution in [3.63, 3.8) is 0 Å². The number of pyridine rings is 1. The third-order valence-corrected chi connectivity index (χ3v) is 5.99. The molecule has 2 heterocycles. The Morgan fingerprint density at radius 3 is 2.00 bits per heavy atom. The molecule has 34 heavy (non-hydrogen) atoms. The Morgan fingerprint density at radius 2 is 1.47 bits per heavy atom. The van der Waals surface area contributed by atoms with Gasteiger partial charge in [-0.15, -0.1) is 0 Å². The fourth-order valence-corrected chi connectivity index (χ4v) is 4.18. The summed E-state index contributed by atoms with van der Waals surface area (Å²) in [5.74, 6) is -1.32. The summed E-state index contributed by atoms with van der Waals surface area (Å²) in [6.45, 7) is 1.91. The number of piperazine rings is 1. The third-order valence-electron chi connectivity index (χ3n) is 5.76. The van der Waals surface area contributed by atoms with Crippen molar-refractivity contribution in [2.75, 3.05) is 32.7 Å². The highest BCUT2D eigenvalue weighted by atomic mass is 35.5. The highest BCUT2D eigenvalue weighted by molar-refractivity contribution is 6.30. The first-order valence-electron chi connectivity index (χ1n) is 10.8. The van der Waals surface area contributed by atoms with E-state index >= 15 is 0 Å². The number of carbonyl (C=O) groups is 2. The molecule has 176 valence electrons. The fourth-order valence-electron chi connectivity index (χ4n) is 4.02. The van der Waals surface area contributed by atoms with Gasteiger partial charge in [-0.1, -0.05) is 35.9 Å². The third kappa shape index (κ3) is 5.76. The molecule has 1 saturated heterocycles. The van der Waals surface area contributed by atoms with Gasteiger partial charge in [0.05, 0.1) is 12.6 Å². The smallest absolute Gasteiger partial charge is 0.270 e. The van der Waals surface area contributed by atoms with Crippen LogP contribution in [0.15, 0.2) is 66.9 Å². The molecule has 0 unspecified atom stereocenters. The minimum atomic E-state index is -0.470. The van der Waals surface area contributed by atoms with Gasteiger partial charge in [-0.05, 0) is 47.5 Å². The van der Waals surface area contributed by atoms with Gasteiger partial charge >= 0.3 is 0 Å². The molecule has 0 atom stereocenters. The van der Waals surface area contributed by atoms with Gasteiger partial charge in [0.1, 0.15) is 17.3 Å². The molecule has 0 bridgehead atoms. The van der Waals surface area contributed by atoms with Crippen LogP contribution in [0.5, 0.6) is 0 Å². The van der Waals surface area contributed by atoms with Gasteiger partial charge in [0.2, 0.25) is 5.91 Å². The maximum atomic E-state index is 13.5.